The summed E-state index contributed by atoms with van der Waals surface area (Å²) in [4.78, 5) is 0. The van der Waals surface area contributed by atoms with Gasteiger partial charge in [0.15, 0.2) is 0 Å². The molecule has 0 heterocycles. The van der Waals surface area contributed by atoms with Crippen LogP contribution in [0.4, 0.5) is 0 Å². The van der Waals surface area contributed by atoms with Crippen molar-refractivity contribution in [2.75, 3.05) is 0 Å². The van der Waals surface area contributed by atoms with Gasteiger partial charge in [0.1, 0.15) is 0 Å². The molecular formula is C15H23N. The van der Waals surface area contributed by atoms with E-state index in [0.29, 0.717) is 5.92 Å². The van der Waals surface area contributed by atoms with Crippen molar-refractivity contribution in [3.05, 3.63) is 37.0 Å². The Kier molecular flexibility index (Phi) is 9.41. The summed E-state index contributed by atoms with van der Waals surface area (Å²) in [6.07, 6.45) is 14.7. The lowest BCUT2D eigenvalue weighted by Gasteiger charge is -2.10. The van der Waals surface area contributed by atoms with Crippen LogP contribution in [0.1, 0.15) is 39.5 Å². The van der Waals surface area contributed by atoms with Crippen LogP contribution in [0.25, 0.3) is 0 Å². The molecule has 0 aromatic rings. The Morgan fingerprint density at radius 3 is 2.56 bits per heavy atom. The van der Waals surface area contributed by atoms with Crippen molar-refractivity contribution in [2.45, 2.75) is 39.5 Å². The van der Waals surface area contributed by atoms with Gasteiger partial charge < -0.3 is 0 Å². The van der Waals surface area contributed by atoms with E-state index >= 15 is 0 Å². The molecule has 0 radical (unpaired) electrons. The summed E-state index contributed by atoms with van der Waals surface area (Å²) in [5, 5.41) is 8.70. The maximum atomic E-state index is 8.70. The van der Waals surface area contributed by atoms with Gasteiger partial charge in [-0.05, 0) is 45.4 Å². The molecule has 0 aliphatic carbocycles. The Morgan fingerprint density at radius 2 is 2.00 bits per heavy atom. The molecule has 0 spiro atoms. The monoisotopic (exact) mass is 217 g/mol. The van der Waals surface area contributed by atoms with Gasteiger partial charge in [-0.25, -0.2) is 0 Å². The van der Waals surface area contributed by atoms with Crippen molar-refractivity contribution in [2.24, 2.45) is 11.8 Å². The normalized spacial score (nSPS) is 15.1. The Morgan fingerprint density at radius 1 is 1.25 bits per heavy atom. The summed E-state index contributed by atoms with van der Waals surface area (Å²) in [5.74, 6) is 0.673. The standard InChI is InChI=1S/C15H23N/c1-4-6-7-8-9-10-15(5-2)12-11-14(3)13-16/h4-6,8-9,14-15H,2,7,10-12H2,1,3H3/b6-4+,9-8-. The summed E-state index contributed by atoms with van der Waals surface area (Å²) in [6, 6.07) is 2.27. The summed E-state index contributed by atoms with van der Waals surface area (Å²) in [6.45, 7) is 7.85. The molecule has 0 rings (SSSR count). The van der Waals surface area contributed by atoms with Crippen molar-refractivity contribution in [3.8, 4) is 6.07 Å². The molecule has 0 amide bonds. The first-order valence-electron chi connectivity index (χ1n) is 6.02. The molecule has 1 heteroatoms. The largest absolute Gasteiger partial charge is 0.198 e. The molecule has 1 nitrogen and oxygen atoms in total. The molecule has 0 saturated carbocycles. The smallest absolute Gasteiger partial charge is 0.0652 e. The maximum Gasteiger partial charge on any atom is 0.0652 e. The number of hydrogen-bond acceptors (Lipinski definition) is 1. The van der Waals surface area contributed by atoms with E-state index in [1.54, 1.807) is 0 Å². The summed E-state index contributed by atoms with van der Waals surface area (Å²) < 4.78 is 0. The molecule has 88 valence electrons. The Hall–Kier alpha value is -1.29. The molecule has 2 unspecified atom stereocenters. The predicted octanol–water partition coefficient (Wildman–Crippen LogP) is 4.64. The van der Waals surface area contributed by atoms with Crippen LogP contribution in [0.3, 0.4) is 0 Å². The lowest BCUT2D eigenvalue weighted by molar-refractivity contribution is 0.517. The fourth-order valence-electron chi connectivity index (χ4n) is 1.44. The zero-order valence-electron chi connectivity index (χ0n) is 10.5. The van der Waals surface area contributed by atoms with E-state index < -0.39 is 0 Å². The molecule has 0 saturated heterocycles. The molecule has 0 aliphatic heterocycles. The summed E-state index contributed by atoms with van der Waals surface area (Å²) >= 11 is 0. The van der Waals surface area contributed by atoms with E-state index in [1.807, 2.05) is 19.9 Å². The minimum absolute atomic E-state index is 0.162. The molecule has 0 aromatic heterocycles. The summed E-state index contributed by atoms with van der Waals surface area (Å²) in [7, 11) is 0. The van der Waals surface area contributed by atoms with E-state index in [0.717, 1.165) is 25.7 Å². The van der Waals surface area contributed by atoms with E-state index in [4.69, 9.17) is 5.26 Å². The molecular weight excluding hydrogens is 194 g/mol. The highest BCUT2D eigenvalue weighted by Crippen LogP contribution is 2.17. The van der Waals surface area contributed by atoms with Crippen molar-refractivity contribution in [1.82, 2.24) is 0 Å². The van der Waals surface area contributed by atoms with Crippen LogP contribution in [0.5, 0.6) is 0 Å². The first-order chi connectivity index (χ1) is 7.74. The molecule has 0 N–H and O–H groups in total. The van der Waals surface area contributed by atoms with E-state index in [-0.39, 0.29) is 5.92 Å². The van der Waals surface area contributed by atoms with Crippen molar-refractivity contribution in [1.29, 1.82) is 5.26 Å². The van der Waals surface area contributed by atoms with Crippen LogP contribution < -0.4 is 0 Å². The van der Waals surface area contributed by atoms with E-state index in [2.05, 4.69) is 37.0 Å². The average Bonchev–Trinajstić information content (AvgIpc) is 2.32. The molecule has 16 heavy (non-hydrogen) atoms. The third-order valence-corrected chi connectivity index (χ3v) is 2.64. The lowest BCUT2D eigenvalue weighted by Crippen LogP contribution is -1.98. The second-order valence-electron chi connectivity index (χ2n) is 4.12. The molecule has 0 bridgehead atoms. The van der Waals surface area contributed by atoms with Gasteiger partial charge >= 0.3 is 0 Å². The second kappa shape index (κ2) is 10.2. The van der Waals surface area contributed by atoms with Gasteiger partial charge in [-0.1, -0.05) is 30.4 Å². The SMILES string of the molecule is C=CC(C/C=C\C/C=C/C)CCC(C)C#N. The molecule has 2 atom stereocenters. The van der Waals surface area contributed by atoms with Crippen LogP contribution in [0.15, 0.2) is 37.0 Å². The highest BCUT2D eigenvalue weighted by atomic mass is 14.3. The third kappa shape index (κ3) is 8.05. The predicted molar refractivity (Wildman–Crippen MR) is 70.9 cm³/mol. The van der Waals surface area contributed by atoms with Gasteiger partial charge in [-0.2, -0.15) is 5.26 Å². The third-order valence-electron chi connectivity index (χ3n) is 2.64. The number of allylic oxidation sites excluding steroid dienone is 5. The minimum Gasteiger partial charge on any atom is -0.198 e. The van der Waals surface area contributed by atoms with Crippen molar-refractivity contribution in [3.63, 3.8) is 0 Å². The fraction of sp³-hybridized carbons (Fsp3) is 0.533. The van der Waals surface area contributed by atoms with Crippen LogP contribution in [0, 0.1) is 23.2 Å². The van der Waals surface area contributed by atoms with Crippen LogP contribution in [0.2, 0.25) is 0 Å². The topological polar surface area (TPSA) is 23.8 Å². The zero-order valence-corrected chi connectivity index (χ0v) is 10.5. The van der Waals surface area contributed by atoms with Gasteiger partial charge in [0.2, 0.25) is 0 Å². The number of hydrogen-bond donors (Lipinski definition) is 0. The van der Waals surface area contributed by atoms with Gasteiger partial charge in [-0.3, -0.25) is 0 Å². The van der Waals surface area contributed by atoms with Crippen molar-refractivity contribution >= 4 is 0 Å². The van der Waals surface area contributed by atoms with Crippen LogP contribution in [-0.2, 0) is 0 Å². The van der Waals surface area contributed by atoms with Crippen LogP contribution >= 0.6 is 0 Å². The highest BCUT2D eigenvalue weighted by Gasteiger charge is 2.05. The minimum atomic E-state index is 0.162. The molecule has 0 fully saturated rings. The van der Waals surface area contributed by atoms with E-state index in [1.165, 1.54) is 0 Å². The highest BCUT2D eigenvalue weighted by molar-refractivity contribution is 4.95. The Labute approximate surface area is 100 Å². The quantitative estimate of drug-likeness (QED) is 0.543. The molecule has 0 aliphatic rings. The number of nitrogens with zero attached hydrogens (tertiary/aromatic N) is 1. The van der Waals surface area contributed by atoms with E-state index in [9.17, 15) is 0 Å². The summed E-state index contributed by atoms with van der Waals surface area (Å²) in [5.41, 5.74) is 0. The first-order valence-corrected chi connectivity index (χ1v) is 6.02. The Bertz CT molecular complexity index is 268. The lowest BCUT2D eigenvalue weighted by atomic mass is 9.95. The molecule has 0 aromatic carbocycles. The van der Waals surface area contributed by atoms with Crippen LogP contribution in [-0.4, -0.2) is 0 Å². The fourth-order valence-corrected chi connectivity index (χ4v) is 1.44. The number of rotatable bonds is 8. The van der Waals surface area contributed by atoms with Gasteiger partial charge in [-0.15, -0.1) is 6.58 Å². The van der Waals surface area contributed by atoms with Gasteiger partial charge in [0, 0.05) is 5.92 Å². The zero-order chi connectivity index (χ0) is 12.2. The van der Waals surface area contributed by atoms with Gasteiger partial charge in [0.05, 0.1) is 6.07 Å². The number of nitriles is 1. The average molecular weight is 217 g/mol. The van der Waals surface area contributed by atoms with Gasteiger partial charge in [0.25, 0.3) is 0 Å². The first kappa shape index (κ1) is 14.7. The van der Waals surface area contributed by atoms with Crippen molar-refractivity contribution < 1.29 is 0 Å². The Balaban J connectivity index is 3.79. The second-order valence-corrected chi connectivity index (χ2v) is 4.12. The maximum absolute atomic E-state index is 8.70.